The number of sulfonamides is 1. The van der Waals surface area contributed by atoms with Gasteiger partial charge in [-0.1, -0.05) is 60.7 Å². The van der Waals surface area contributed by atoms with Crippen molar-refractivity contribution in [3.63, 3.8) is 0 Å². The minimum Gasteiger partial charge on any atom is -0.468 e. The van der Waals surface area contributed by atoms with Crippen LogP contribution in [0.2, 0.25) is 0 Å². The van der Waals surface area contributed by atoms with Crippen molar-refractivity contribution in [2.45, 2.75) is 22.9 Å². The molecule has 0 aromatic heterocycles. The summed E-state index contributed by atoms with van der Waals surface area (Å²) in [5.74, 6) is -2.27. The SMILES string of the molecule is COC(=O)[C@H]1N[C@H]2c3ccccc3N(S(=O)(=O)c3ccccc3[N+](=O)[O-])C[C@]2(C(=O)OC)[C@@H]1c1ccccc1. The second-order valence-corrected chi connectivity index (χ2v) is 11.1. The molecule has 202 valence electrons. The van der Waals surface area contributed by atoms with Crippen molar-refractivity contribution < 1.29 is 32.4 Å². The Morgan fingerprint density at radius 2 is 1.62 bits per heavy atom. The van der Waals surface area contributed by atoms with Crippen LogP contribution in [0, 0.1) is 15.5 Å². The topological polar surface area (TPSA) is 145 Å². The van der Waals surface area contributed by atoms with Crippen molar-refractivity contribution in [2.24, 2.45) is 5.41 Å². The molecule has 0 amide bonds. The van der Waals surface area contributed by atoms with Crippen LogP contribution in [0.3, 0.4) is 0 Å². The van der Waals surface area contributed by atoms with Gasteiger partial charge in [0.2, 0.25) is 0 Å². The van der Waals surface area contributed by atoms with E-state index in [9.17, 15) is 28.1 Å². The van der Waals surface area contributed by atoms with Gasteiger partial charge >= 0.3 is 11.9 Å². The second-order valence-electron chi connectivity index (χ2n) is 9.32. The highest BCUT2D eigenvalue weighted by Gasteiger charge is 2.67. The lowest BCUT2D eigenvalue weighted by Crippen LogP contribution is -2.54. The van der Waals surface area contributed by atoms with Crippen molar-refractivity contribution in [1.29, 1.82) is 0 Å². The largest absolute Gasteiger partial charge is 0.468 e. The van der Waals surface area contributed by atoms with Crippen LogP contribution in [0.5, 0.6) is 0 Å². The van der Waals surface area contributed by atoms with E-state index in [1.807, 2.05) is 0 Å². The van der Waals surface area contributed by atoms with Gasteiger partial charge in [-0.05, 0) is 23.3 Å². The Balaban J connectivity index is 1.80. The number of benzene rings is 3. The monoisotopic (exact) mass is 551 g/mol. The quantitative estimate of drug-likeness (QED) is 0.278. The third-order valence-electron chi connectivity index (χ3n) is 7.48. The first kappa shape index (κ1) is 26.3. The fourth-order valence-electron chi connectivity index (χ4n) is 5.88. The minimum absolute atomic E-state index is 0.227. The molecule has 0 spiro atoms. The number of para-hydroxylation sites is 2. The number of rotatable bonds is 6. The molecule has 0 saturated carbocycles. The maximum Gasteiger partial charge on any atom is 0.323 e. The summed E-state index contributed by atoms with van der Waals surface area (Å²) in [7, 11) is -2.15. The molecule has 12 heteroatoms. The number of nitrogens with one attached hydrogen (secondary N) is 1. The van der Waals surface area contributed by atoms with Gasteiger partial charge in [0.25, 0.3) is 15.7 Å². The summed E-state index contributed by atoms with van der Waals surface area (Å²) in [5.41, 5.74) is -0.995. The number of esters is 2. The molecule has 1 N–H and O–H groups in total. The molecule has 11 nitrogen and oxygen atoms in total. The van der Waals surface area contributed by atoms with Gasteiger partial charge in [0.05, 0.1) is 37.4 Å². The Labute approximate surface area is 224 Å². The number of fused-ring (bicyclic) bond motifs is 3. The highest BCUT2D eigenvalue weighted by Crippen LogP contribution is 2.59. The number of anilines is 1. The molecule has 3 aromatic rings. The van der Waals surface area contributed by atoms with Gasteiger partial charge in [0.1, 0.15) is 11.5 Å². The number of nitro benzene ring substituents is 1. The van der Waals surface area contributed by atoms with Crippen LogP contribution in [0.4, 0.5) is 11.4 Å². The van der Waals surface area contributed by atoms with E-state index in [2.05, 4.69) is 5.32 Å². The van der Waals surface area contributed by atoms with Crippen molar-refractivity contribution in [1.82, 2.24) is 5.32 Å². The van der Waals surface area contributed by atoms with E-state index in [0.717, 1.165) is 16.4 Å². The molecule has 0 radical (unpaired) electrons. The fraction of sp³-hybridized carbons (Fsp3) is 0.259. The standard InChI is InChI=1S/C27H25N3O8S/c1-37-25(31)23-22(17-10-4-3-5-11-17)27(26(32)38-2)16-29(19-13-7-6-12-18(19)24(27)28-23)39(35,36)21-15-9-8-14-20(21)30(33)34/h3-15,22-24,28H,16H2,1-2H3/t22-,23+,24+,27+/m1/s1. The Hall–Kier alpha value is -4.29. The summed E-state index contributed by atoms with van der Waals surface area (Å²) >= 11 is 0. The van der Waals surface area contributed by atoms with Crippen molar-refractivity contribution in [3.05, 3.63) is 100 Å². The smallest absolute Gasteiger partial charge is 0.323 e. The van der Waals surface area contributed by atoms with Gasteiger partial charge in [-0.15, -0.1) is 0 Å². The van der Waals surface area contributed by atoms with Crippen LogP contribution >= 0.6 is 0 Å². The number of nitrogens with zero attached hydrogens (tertiary/aromatic N) is 2. The number of carbonyl (C=O) groups is 2. The molecule has 1 saturated heterocycles. The first-order chi connectivity index (χ1) is 18.7. The Bertz CT molecular complexity index is 1560. The maximum atomic E-state index is 14.2. The highest BCUT2D eigenvalue weighted by atomic mass is 32.2. The Morgan fingerprint density at radius 3 is 2.28 bits per heavy atom. The molecular formula is C27H25N3O8S. The average molecular weight is 552 g/mol. The molecule has 2 heterocycles. The van der Waals surface area contributed by atoms with Crippen LogP contribution in [0.25, 0.3) is 0 Å². The van der Waals surface area contributed by atoms with Gasteiger partial charge in [0, 0.05) is 12.0 Å². The van der Waals surface area contributed by atoms with Crippen LogP contribution in [0.15, 0.2) is 83.8 Å². The molecule has 0 unspecified atom stereocenters. The normalized spacial score (nSPS) is 23.8. The minimum atomic E-state index is -4.58. The van der Waals surface area contributed by atoms with Crippen molar-refractivity contribution >= 4 is 33.3 Å². The summed E-state index contributed by atoms with van der Waals surface area (Å²) in [6, 6.07) is 18.5. The predicted octanol–water partition coefficient (Wildman–Crippen LogP) is 2.93. The molecule has 4 atom stereocenters. The molecule has 3 aromatic carbocycles. The third kappa shape index (κ3) is 3.94. The summed E-state index contributed by atoms with van der Waals surface area (Å²) in [5, 5.41) is 15.0. The molecule has 5 rings (SSSR count). The zero-order chi connectivity index (χ0) is 27.9. The van der Waals surface area contributed by atoms with E-state index in [1.165, 1.54) is 26.4 Å². The molecular weight excluding hydrogens is 526 g/mol. The lowest BCUT2D eigenvalue weighted by Gasteiger charge is -2.46. The van der Waals surface area contributed by atoms with Crippen molar-refractivity contribution in [2.75, 3.05) is 25.1 Å². The van der Waals surface area contributed by atoms with Crippen LogP contribution in [-0.4, -0.2) is 52.1 Å². The average Bonchev–Trinajstić information content (AvgIpc) is 3.33. The van der Waals surface area contributed by atoms with E-state index in [4.69, 9.17) is 9.47 Å². The zero-order valence-electron chi connectivity index (χ0n) is 21.0. The number of methoxy groups -OCH3 is 2. The van der Waals surface area contributed by atoms with Gasteiger partial charge in [-0.25, -0.2) is 8.42 Å². The van der Waals surface area contributed by atoms with E-state index in [-0.39, 0.29) is 5.69 Å². The fourth-order valence-corrected chi connectivity index (χ4v) is 7.58. The second kappa shape index (κ2) is 9.79. The van der Waals surface area contributed by atoms with E-state index >= 15 is 0 Å². The van der Waals surface area contributed by atoms with Gasteiger partial charge in [0.15, 0.2) is 4.90 Å². The molecule has 2 aliphatic rings. The van der Waals surface area contributed by atoms with E-state index in [1.54, 1.807) is 54.6 Å². The van der Waals surface area contributed by atoms with Crippen LogP contribution in [0.1, 0.15) is 23.1 Å². The Kier molecular flexibility index (Phi) is 6.60. The van der Waals surface area contributed by atoms with Crippen molar-refractivity contribution in [3.8, 4) is 0 Å². The van der Waals surface area contributed by atoms with Crippen LogP contribution < -0.4 is 9.62 Å². The van der Waals surface area contributed by atoms with E-state index in [0.29, 0.717) is 11.1 Å². The third-order valence-corrected chi connectivity index (χ3v) is 9.29. The van der Waals surface area contributed by atoms with Gasteiger partial charge in [-0.3, -0.25) is 29.3 Å². The predicted molar refractivity (Wildman–Crippen MR) is 139 cm³/mol. The summed E-state index contributed by atoms with van der Waals surface area (Å²) in [6.07, 6.45) is 0. The lowest BCUT2D eigenvalue weighted by atomic mass is 9.65. The zero-order valence-corrected chi connectivity index (χ0v) is 21.8. The number of ether oxygens (including phenoxy) is 2. The maximum absolute atomic E-state index is 14.2. The summed E-state index contributed by atoms with van der Waals surface area (Å²) in [6.45, 7) is -0.449. The van der Waals surface area contributed by atoms with Gasteiger partial charge < -0.3 is 9.47 Å². The van der Waals surface area contributed by atoms with E-state index < -0.39 is 67.4 Å². The number of hydrogen-bond donors (Lipinski definition) is 1. The summed E-state index contributed by atoms with van der Waals surface area (Å²) < 4.78 is 39.8. The highest BCUT2D eigenvalue weighted by molar-refractivity contribution is 7.93. The molecule has 0 aliphatic carbocycles. The first-order valence-corrected chi connectivity index (χ1v) is 13.4. The first-order valence-electron chi connectivity index (χ1n) is 12.0. The summed E-state index contributed by atoms with van der Waals surface area (Å²) in [4.78, 5) is 37.4. The number of nitro groups is 1. The molecule has 39 heavy (non-hydrogen) atoms. The Morgan fingerprint density at radius 1 is 0.974 bits per heavy atom. The molecule has 0 bridgehead atoms. The van der Waals surface area contributed by atoms with Crippen LogP contribution in [-0.2, 0) is 29.1 Å². The molecule has 1 fully saturated rings. The molecule has 2 aliphatic heterocycles. The lowest BCUT2D eigenvalue weighted by molar-refractivity contribution is -0.387. The number of hydrogen-bond acceptors (Lipinski definition) is 9. The van der Waals surface area contributed by atoms with Gasteiger partial charge in [-0.2, -0.15) is 0 Å². The number of carbonyl (C=O) groups excluding carboxylic acids is 2.